The Hall–Kier alpha value is -5.19. The lowest BCUT2D eigenvalue weighted by Crippen LogP contribution is -2.74. The van der Waals surface area contributed by atoms with Gasteiger partial charge in [0.05, 0.1) is 0 Å². The highest BCUT2D eigenvalue weighted by Gasteiger charge is 2.97. The van der Waals surface area contributed by atoms with Crippen molar-refractivity contribution in [3.8, 4) is 0 Å². The summed E-state index contributed by atoms with van der Waals surface area (Å²) in [5.41, 5.74) is 0. The number of unbranched alkanes of at least 4 members (excludes halogenated alkanes) is 6. The quantitative estimate of drug-likeness (QED) is 0.0172. The molecule has 0 aromatic heterocycles. The Morgan fingerprint density at radius 3 is 0.789 bits per heavy atom. The first-order chi connectivity index (χ1) is 42.3. The van der Waals surface area contributed by atoms with E-state index in [4.69, 9.17) is 0 Å². The molecule has 0 aromatic rings. The summed E-state index contributed by atoms with van der Waals surface area (Å²) in [5, 5.41) is 34.9. The topological polar surface area (TPSA) is 183 Å². The second-order valence-electron chi connectivity index (χ2n) is 20.9. The molecule has 0 fully saturated rings. The van der Waals surface area contributed by atoms with Gasteiger partial charge in [-0.05, 0) is 83.8 Å². The number of hydrogen-bond donors (Lipinski definition) is 5. The molecule has 0 spiro atoms. The van der Waals surface area contributed by atoms with Gasteiger partial charge in [0.2, 0.25) is 29.5 Å². The molecule has 0 heterocycles. The molecule has 14 nitrogen and oxygen atoms in total. The maximum Gasteiger partial charge on any atom is 0.460 e. The van der Waals surface area contributed by atoms with E-state index in [0.717, 1.165) is 6.92 Å². The third-order valence-electron chi connectivity index (χ3n) is 13.7. The van der Waals surface area contributed by atoms with Gasteiger partial charge in [-0.1, -0.05) is 6.42 Å². The molecule has 0 unspecified atom stereocenters. The van der Waals surface area contributed by atoms with Gasteiger partial charge in [0.1, 0.15) is 0 Å². The first-order valence-electron chi connectivity index (χ1n) is 26.9. The molecule has 0 saturated carbocycles. The highest BCUT2D eigenvalue weighted by atomic mass is 19.4. The van der Waals surface area contributed by atoms with Gasteiger partial charge in [-0.2, -0.15) is 149 Å². The van der Waals surface area contributed by atoms with E-state index in [-0.39, 0.29) is 68.2 Å². The molecule has 0 atom stereocenters. The van der Waals surface area contributed by atoms with Gasteiger partial charge in [-0.3, -0.25) is 39.6 Å². The first kappa shape index (κ1) is 89.8. The van der Waals surface area contributed by atoms with E-state index in [0.29, 0.717) is 29.4 Å². The van der Waals surface area contributed by atoms with Crippen molar-refractivity contribution in [2.75, 3.05) is 52.4 Å². The van der Waals surface area contributed by atoms with Crippen molar-refractivity contribution in [2.45, 2.75) is 211 Å². The molecular formula is C47H58F34N6O8. The zero-order valence-electron chi connectivity index (χ0n) is 48.2. The van der Waals surface area contributed by atoms with Gasteiger partial charge in [-0.15, -0.1) is 0 Å². The Balaban J connectivity index is 6.08. The SMILES string of the molecule is CC(=O)N(O)CCCCCNC(=O)CCC(=O)N(O)CCCCCNC(=O)CCC(=O)N(O)CCCCCN(CCCC(F)(F)C(F)(F)C(F)(F)C(F)(F)C(F)(F)C(F)(F)C(F)(F)C(F)(F)F)CCCC(F)(F)C(F)(F)C(F)(F)C(F)(F)C(F)(F)C(F)(F)C(F)(F)C(F)(F)F. The van der Waals surface area contributed by atoms with E-state index in [1.54, 1.807) is 0 Å². The summed E-state index contributed by atoms with van der Waals surface area (Å²) < 4.78 is 468. The van der Waals surface area contributed by atoms with E-state index < -0.39 is 209 Å². The predicted octanol–water partition coefficient (Wildman–Crippen LogP) is 13.8. The summed E-state index contributed by atoms with van der Waals surface area (Å²) in [6.45, 7) is -4.34. The lowest BCUT2D eigenvalue weighted by Gasteiger charge is -2.43. The molecule has 0 aliphatic heterocycles. The number of halogens is 34. The maximum absolute atomic E-state index is 14.7. The molecule has 5 amide bonds. The number of alkyl halides is 34. The number of nitrogens with one attached hydrogen (secondary N) is 2. The molecule has 0 rings (SSSR count). The van der Waals surface area contributed by atoms with Crippen LogP contribution in [0.1, 0.15) is 116 Å². The Kier molecular flexibility index (Phi) is 30.9. The number of carbonyl (C=O) groups excluding carboxylic acids is 5. The van der Waals surface area contributed by atoms with Crippen LogP contribution in [0.5, 0.6) is 0 Å². The fourth-order valence-corrected chi connectivity index (χ4v) is 7.73. The number of carbonyl (C=O) groups is 5. The van der Waals surface area contributed by atoms with Crippen molar-refractivity contribution >= 4 is 29.5 Å². The van der Waals surface area contributed by atoms with E-state index in [2.05, 4.69) is 10.6 Å². The van der Waals surface area contributed by atoms with Crippen LogP contribution < -0.4 is 10.6 Å². The van der Waals surface area contributed by atoms with Crippen molar-refractivity contribution in [3.05, 3.63) is 0 Å². The van der Waals surface area contributed by atoms with Crippen molar-refractivity contribution in [2.24, 2.45) is 0 Å². The van der Waals surface area contributed by atoms with Crippen LogP contribution in [0.2, 0.25) is 0 Å². The summed E-state index contributed by atoms with van der Waals surface area (Å²) in [5.74, 6) is -124. The number of rotatable bonds is 44. The van der Waals surface area contributed by atoms with Crippen molar-refractivity contribution in [3.63, 3.8) is 0 Å². The zero-order valence-corrected chi connectivity index (χ0v) is 48.2. The lowest BCUT2D eigenvalue weighted by molar-refractivity contribution is -0.461. The molecule has 0 aromatic carbocycles. The van der Waals surface area contributed by atoms with E-state index in [1.807, 2.05) is 0 Å². The van der Waals surface area contributed by atoms with E-state index in [9.17, 15) is 189 Å². The third kappa shape index (κ3) is 20.0. The number of nitrogens with zero attached hydrogens (tertiary/aromatic N) is 4. The Bertz CT molecular complexity index is 2380. The van der Waals surface area contributed by atoms with Crippen LogP contribution in [0, 0.1) is 0 Å². The highest BCUT2D eigenvalue weighted by Crippen LogP contribution is 2.66. The normalized spacial score (nSPS) is 14.5. The number of hydroxylamine groups is 6. The van der Waals surface area contributed by atoms with Crippen molar-refractivity contribution < 1.29 is 189 Å². The maximum atomic E-state index is 14.7. The smallest absolute Gasteiger partial charge is 0.356 e. The predicted molar refractivity (Wildman–Crippen MR) is 248 cm³/mol. The zero-order chi connectivity index (χ0) is 75.3. The fraction of sp³-hybridized carbons (Fsp3) is 0.894. The molecule has 5 N–H and O–H groups in total. The Morgan fingerprint density at radius 2 is 0.516 bits per heavy atom. The van der Waals surface area contributed by atoms with Gasteiger partial charge >= 0.3 is 95.3 Å². The van der Waals surface area contributed by atoms with Crippen LogP contribution in [0.25, 0.3) is 0 Å². The van der Waals surface area contributed by atoms with E-state index >= 15 is 0 Å². The van der Waals surface area contributed by atoms with Crippen molar-refractivity contribution in [1.82, 2.24) is 30.7 Å². The lowest BCUT2D eigenvalue weighted by atomic mass is 9.88. The third-order valence-corrected chi connectivity index (χ3v) is 13.7. The summed E-state index contributed by atoms with van der Waals surface area (Å²) in [7, 11) is 0. The minimum absolute atomic E-state index is 0.0682. The number of hydrogen-bond acceptors (Lipinski definition) is 9. The monoisotopic (exact) mass is 1480 g/mol. The molecule has 562 valence electrons. The largest absolute Gasteiger partial charge is 0.460 e. The molecular weight excluding hydrogens is 1420 g/mol. The van der Waals surface area contributed by atoms with Gasteiger partial charge in [0.25, 0.3) is 0 Å². The molecule has 0 aliphatic rings. The van der Waals surface area contributed by atoms with Crippen LogP contribution in [-0.4, -0.2) is 213 Å². The van der Waals surface area contributed by atoms with E-state index in [1.165, 1.54) is 0 Å². The molecule has 0 radical (unpaired) electrons. The Morgan fingerprint density at radius 1 is 0.284 bits per heavy atom. The minimum Gasteiger partial charge on any atom is -0.356 e. The van der Waals surface area contributed by atoms with Crippen LogP contribution in [-0.2, 0) is 24.0 Å². The first-order valence-corrected chi connectivity index (χ1v) is 26.9. The average Bonchev–Trinajstić information content (AvgIpc) is 0.705. The molecule has 95 heavy (non-hydrogen) atoms. The standard InChI is InChI=1S/C47H58F34N6O8/c1-27(88)85(93)24-8-2-5-19-82-28(89)13-15-30(91)86(94)25-9-3-6-20-83-29(90)14-16-31(92)87(95)26-10-4-7-21-84(22-11-17-32(48,49)34(52,53)36(56,57)38(60,61)40(64,65)42(68,69)44(72,73)46(76,77)78)23-12-18-33(50,51)35(54,55)37(58,59)39(62,63)41(66,67)43(70,71)45(74,75)47(79,80)81/h93-95H,2-26H2,1H3,(H,82,89)(H,83,90). The molecule has 0 bridgehead atoms. The highest BCUT2D eigenvalue weighted by molar-refractivity contribution is 5.83. The average molecular weight is 1480 g/mol. The second-order valence-corrected chi connectivity index (χ2v) is 20.9. The summed E-state index contributed by atoms with van der Waals surface area (Å²) in [6.07, 6.45) is -28.9. The van der Waals surface area contributed by atoms with Crippen LogP contribution in [0.15, 0.2) is 0 Å². The van der Waals surface area contributed by atoms with Gasteiger partial charge < -0.3 is 15.5 Å². The van der Waals surface area contributed by atoms with Gasteiger partial charge in [-0.25, -0.2) is 15.2 Å². The minimum atomic E-state index is -9.06. The Labute approximate surface area is 512 Å². The number of amides is 5. The second kappa shape index (κ2) is 32.7. The summed E-state index contributed by atoms with van der Waals surface area (Å²) in [4.78, 5) is 59.7. The molecule has 48 heteroatoms. The summed E-state index contributed by atoms with van der Waals surface area (Å²) in [6, 6.07) is 0. The van der Waals surface area contributed by atoms with Gasteiger partial charge in [0, 0.05) is 78.2 Å². The van der Waals surface area contributed by atoms with Crippen LogP contribution in [0.4, 0.5) is 149 Å². The fourth-order valence-electron chi connectivity index (χ4n) is 7.73. The van der Waals surface area contributed by atoms with Gasteiger partial charge in [0.15, 0.2) is 0 Å². The summed E-state index contributed by atoms with van der Waals surface area (Å²) >= 11 is 0. The van der Waals surface area contributed by atoms with Crippen molar-refractivity contribution in [1.29, 1.82) is 0 Å². The molecule has 0 saturated heterocycles. The van der Waals surface area contributed by atoms with Crippen LogP contribution in [0.3, 0.4) is 0 Å². The van der Waals surface area contributed by atoms with Crippen LogP contribution >= 0.6 is 0 Å². The molecule has 0 aliphatic carbocycles.